The zero-order chi connectivity index (χ0) is 14.6. The second kappa shape index (κ2) is 4.21. The van der Waals surface area contributed by atoms with Crippen molar-refractivity contribution in [2.24, 2.45) is 0 Å². The fraction of sp³-hybridized carbons (Fsp3) is 0.353. The van der Waals surface area contributed by atoms with E-state index in [1.165, 1.54) is 5.56 Å². The van der Waals surface area contributed by atoms with Crippen molar-refractivity contribution in [2.45, 2.75) is 24.5 Å². The first kappa shape index (κ1) is 12.7. The molecule has 1 spiro atoms. The third-order valence-electron chi connectivity index (χ3n) is 4.85. The first-order valence-corrected chi connectivity index (χ1v) is 7.22. The van der Waals surface area contributed by atoms with Crippen molar-refractivity contribution in [2.75, 3.05) is 13.7 Å². The minimum Gasteiger partial charge on any atom is -0.497 e. The van der Waals surface area contributed by atoms with E-state index in [1.807, 2.05) is 23.1 Å². The molecule has 2 aliphatic heterocycles. The lowest BCUT2D eigenvalue weighted by atomic mass is 9.71. The van der Waals surface area contributed by atoms with Crippen molar-refractivity contribution in [3.8, 4) is 5.75 Å². The van der Waals surface area contributed by atoms with E-state index in [4.69, 9.17) is 4.74 Å². The lowest BCUT2D eigenvalue weighted by molar-refractivity contribution is -0.130. The molecule has 4 nitrogen and oxygen atoms in total. The van der Waals surface area contributed by atoms with Crippen LogP contribution in [0.25, 0.3) is 0 Å². The summed E-state index contributed by atoms with van der Waals surface area (Å²) in [5.74, 6) is 0.824. The monoisotopic (exact) mass is 283 g/mol. The summed E-state index contributed by atoms with van der Waals surface area (Å²) in [6, 6.07) is 6.05. The minimum atomic E-state index is -0.535. The molecule has 1 aromatic rings. The van der Waals surface area contributed by atoms with Gasteiger partial charge in [0.1, 0.15) is 5.75 Å². The first-order chi connectivity index (χ1) is 10.1. The molecule has 0 saturated carbocycles. The van der Waals surface area contributed by atoms with Gasteiger partial charge in [0.25, 0.3) is 0 Å². The number of nitrogens with zero attached hydrogens (tertiary/aromatic N) is 1. The quantitative estimate of drug-likeness (QED) is 0.850. The Labute approximate surface area is 123 Å². The van der Waals surface area contributed by atoms with Crippen LogP contribution in [0.3, 0.4) is 0 Å². The Balaban J connectivity index is 1.97. The molecule has 1 N–H and O–H groups in total. The molecule has 0 unspecified atom stereocenters. The van der Waals surface area contributed by atoms with E-state index in [1.54, 1.807) is 19.3 Å². The fourth-order valence-electron chi connectivity index (χ4n) is 3.90. The van der Waals surface area contributed by atoms with Crippen molar-refractivity contribution in [1.82, 2.24) is 4.90 Å². The van der Waals surface area contributed by atoms with E-state index in [9.17, 15) is 9.90 Å². The summed E-state index contributed by atoms with van der Waals surface area (Å²) in [6.07, 6.45) is 6.18. The highest BCUT2D eigenvalue weighted by Crippen LogP contribution is 2.51. The minimum absolute atomic E-state index is 0.0391. The van der Waals surface area contributed by atoms with Gasteiger partial charge in [-0.3, -0.25) is 4.79 Å². The van der Waals surface area contributed by atoms with E-state index in [0.29, 0.717) is 13.0 Å². The Bertz CT molecular complexity index is 691. The molecule has 2 heterocycles. The number of rotatable bonds is 1. The summed E-state index contributed by atoms with van der Waals surface area (Å²) in [5.41, 5.74) is 2.78. The molecular weight excluding hydrogens is 266 g/mol. The molecule has 0 saturated heterocycles. The van der Waals surface area contributed by atoms with Gasteiger partial charge in [-0.2, -0.15) is 0 Å². The number of aliphatic hydroxyl groups is 1. The largest absolute Gasteiger partial charge is 0.497 e. The van der Waals surface area contributed by atoms with E-state index in [2.05, 4.69) is 6.07 Å². The smallest absolute Gasteiger partial charge is 0.247 e. The molecule has 0 fully saturated rings. The van der Waals surface area contributed by atoms with Gasteiger partial charge in [-0.1, -0.05) is 18.2 Å². The van der Waals surface area contributed by atoms with Crippen LogP contribution in [0.5, 0.6) is 5.75 Å². The van der Waals surface area contributed by atoms with Crippen LogP contribution in [-0.4, -0.2) is 35.7 Å². The van der Waals surface area contributed by atoms with Gasteiger partial charge in [0.15, 0.2) is 0 Å². The molecule has 3 aliphatic rings. The van der Waals surface area contributed by atoms with Crippen LogP contribution < -0.4 is 4.74 Å². The number of fused-ring (bicyclic) bond motifs is 1. The fourth-order valence-corrected chi connectivity index (χ4v) is 3.90. The number of benzene rings is 1. The third kappa shape index (κ3) is 1.56. The van der Waals surface area contributed by atoms with Gasteiger partial charge >= 0.3 is 0 Å². The summed E-state index contributed by atoms with van der Waals surface area (Å²) in [7, 11) is 1.65. The summed E-state index contributed by atoms with van der Waals surface area (Å²) in [4.78, 5) is 14.2. The highest BCUT2D eigenvalue weighted by Gasteiger charge is 2.52. The maximum Gasteiger partial charge on any atom is 0.247 e. The number of ether oxygens (including phenoxy) is 1. The molecule has 108 valence electrons. The number of carbonyl (C=O) groups excluding carboxylic acids is 1. The van der Waals surface area contributed by atoms with E-state index >= 15 is 0 Å². The number of hydrogen-bond acceptors (Lipinski definition) is 3. The van der Waals surface area contributed by atoms with Gasteiger partial charge < -0.3 is 14.7 Å². The Kier molecular flexibility index (Phi) is 2.54. The zero-order valence-electron chi connectivity index (χ0n) is 11.9. The average molecular weight is 283 g/mol. The van der Waals surface area contributed by atoms with Crippen molar-refractivity contribution in [3.05, 3.63) is 53.1 Å². The molecule has 1 aliphatic carbocycles. The molecule has 1 aromatic carbocycles. The van der Waals surface area contributed by atoms with E-state index in [0.717, 1.165) is 23.3 Å². The van der Waals surface area contributed by atoms with Crippen molar-refractivity contribution in [3.63, 3.8) is 0 Å². The highest BCUT2D eigenvalue weighted by atomic mass is 16.5. The van der Waals surface area contributed by atoms with Gasteiger partial charge in [0.05, 0.1) is 18.8 Å². The van der Waals surface area contributed by atoms with Gasteiger partial charge in [0, 0.05) is 19.0 Å². The maximum absolute atomic E-state index is 12.3. The number of carbonyl (C=O) groups is 1. The van der Waals surface area contributed by atoms with Crippen LogP contribution in [0.4, 0.5) is 0 Å². The van der Waals surface area contributed by atoms with Gasteiger partial charge in [-0.25, -0.2) is 0 Å². The summed E-state index contributed by atoms with van der Waals surface area (Å²) >= 11 is 0. The number of amides is 1. The lowest BCUT2D eigenvalue weighted by Gasteiger charge is -2.47. The van der Waals surface area contributed by atoms with Crippen molar-refractivity contribution < 1.29 is 14.6 Å². The Morgan fingerprint density at radius 1 is 1.43 bits per heavy atom. The second-order valence-corrected chi connectivity index (χ2v) is 5.85. The van der Waals surface area contributed by atoms with Crippen LogP contribution in [0.2, 0.25) is 0 Å². The number of methoxy groups -OCH3 is 1. The van der Waals surface area contributed by atoms with Crippen LogP contribution >= 0.6 is 0 Å². The van der Waals surface area contributed by atoms with Crippen LogP contribution in [0, 0.1) is 0 Å². The molecule has 0 radical (unpaired) electrons. The van der Waals surface area contributed by atoms with Gasteiger partial charge in [-0.05, 0) is 35.3 Å². The van der Waals surface area contributed by atoms with Crippen LogP contribution in [-0.2, 0) is 16.8 Å². The summed E-state index contributed by atoms with van der Waals surface area (Å²) in [5, 5.41) is 10.1. The average Bonchev–Trinajstić information content (AvgIpc) is 2.79. The molecule has 4 rings (SSSR count). The van der Waals surface area contributed by atoms with Crippen molar-refractivity contribution in [1.29, 1.82) is 0 Å². The maximum atomic E-state index is 12.3. The first-order valence-electron chi connectivity index (χ1n) is 7.22. The standard InChI is InChI=1S/C17H17NO3/c1-21-14-5-2-11-6-7-18-16(20)8-12-3-4-13(19)10-17(12,18)15(11)9-14/h2-5,8-9,13,19H,6-7,10H2,1H3/t13-,17-/m1/s1. The number of aliphatic hydroxyl groups excluding tert-OH is 1. The topological polar surface area (TPSA) is 49.8 Å². The Morgan fingerprint density at radius 2 is 2.29 bits per heavy atom. The predicted molar refractivity (Wildman–Crippen MR) is 77.9 cm³/mol. The molecule has 2 atom stereocenters. The Morgan fingerprint density at radius 3 is 3.10 bits per heavy atom. The zero-order valence-corrected chi connectivity index (χ0v) is 11.9. The third-order valence-corrected chi connectivity index (χ3v) is 4.85. The van der Waals surface area contributed by atoms with E-state index < -0.39 is 11.6 Å². The van der Waals surface area contributed by atoms with E-state index in [-0.39, 0.29) is 5.91 Å². The molecule has 0 aromatic heterocycles. The lowest BCUT2D eigenvalue weighted by Crippen LogP contribution is -2.52. The highest BCUT2D eigenvalue weighted by molar-refractivity contribution is 5.95. The molecule has 4 heteroatoms. The molecule has 1 amide bonds. The predicted octanol–water partition coefficient (Wildman–Crippen LogP) is 1.54. The van der Waals surface area contributed by atoms with Crippen LogP contribution in [0.15, 0.2) is 42.0 Å². The normalized spacial score (nSPS) is 29.6. The number of hydrogen-bond donors (Lipinski definition) is 1. The van der Waals surface area contributed by atoms with Gasteiger partial charge in [-0.15, -0.1) is 0 Å². The second-order valence-electron chi connectivity index (χ2n) is 5.85. The summed E-state index contributed by atoms with van der Waals surface area (Å²) in [6.45, 7) is 0.693. The molecular formula is C17H17NO3. The van der Waals surface area contributed by atoms with Crippen molar-refractivity contribution >= 4 is 5.91 Å². The summed E-state index contributed by atoms with van der Waals surface area (Å²) < 4.78 is 5.36. The van der Waals surface area contributed by atoms with Gasteiger partial charge in [0.2, 0.25) is 5.91 Å². The molecule has 0 bridgehead atoms. The SMILES string of the molecule is COc1ccc2c(c1)[C@@]13C[C@H](O)C=CC1=CC(=O)N3CC2. The van der Waals surface area contributed by atoms with Crippen LogP contribution in [0.1, 0.15) is 17.5 Å². The Hall–Kier alpha value is -2.07. The molecule has 21 heavy (non-hydrogen) atoms.